The fourth-order valence-corrected chi connectivity index (χ4v) is 2.04. The average Bonchev–Trinajstić information content (AvgIpc) is 2.64. The predicted molar refractivity (Wildman–Crippen MR) is 65.3 cm³/mol. The summed E-state index contributed by atoms with van der Waals surface area (Å²) >= 11 is 10.9. The molecule has 0 unspecified atom stereocenters. The number of benzene rings is 1. The van der Waals surface area contributed by atoms with Crippen molar-refractivity contribution in [2.24, 2.45) is 0 Å². The zero-order chi connectivity index (χ0) is 11.7. The lowest BCUT2D eigenvalue weighted by molar-refractivity contribution is 0.615. The van der Waals surface area contributed by atoms with E-state index in [1.54, 1.807) is 22.9 Å². The number of H-pyrrole nitrogens is 1. The second-order valence-electron chi connectivity index (χ2n) is 3.35. The molecule has 0 bridgehead atoms. The lowest BCUT2D eigenvalue weighted by Gasteiger charge is -2.08. The maximum absolute atomic E-state index is 13.8. The van der Waals surface area contributed by atoms with Gasteiger partial charge < -0.3 is 4.98 Å². The van der Waals surface area contributed by atoms with Gasteiger partial charge in [0.15, 0.2) is 10.6 Å². The van der Waals surface area contributed by atoms with Gasteiger partial charge in [-0.25, -0.2) is 4.39 Å². The van der Waals surface area contributed by atoms with Crippen molar-refractivity contribution >= 4 is 23.8 Å². The summed E-state index contributed by atoms with van der Waals surface area (Å²) in [6.07, 6.45) is 2.54. The van der Waals surface area contributed by atoms with Gasteiger partial charge >= 0.3 is 0 Å². The molecule has 0 saturated heterocycles. The van der Waals surface area contributed by atoms with Crippen molar-refractivity contribution in [3.63, 3.8) is 0 Å². The van der Waals surface area contributed by atoms with E-state index >= 15 is 0 Å². The first kappa shape index (κ1) is 11.4. The van der Waals surface area contributed by atoms with Gasteiger partial charge in [0, 0.05) is 11.9 Å². The van der Waals surface area contributed by atoms with Crippen molar-refractivity contribution in [2.75, 3.05) is 0 Å². The van der Waals surface area contributed by atoms with E-state index in [4.69, 9.17) is 23.8 Å². The van der Waals surface area contributed by atoms with E-state index < -0.39 is 5.82 Å². The maximum Gasteiger partial charge on any atom is 0.182 e. The summed E-state index contributed by atoms with van der Waals surface area (Å²) < 4.78 is 16.0. The zero-order valence-corrected chi connectivity index (χ0v) is 10.2. The molecule has 0 spiro atoms. The standard InChI is InChI=1S/C11H10ClFN2S/c1-2-7-6-14-11(16)15(7)9-5-3-4-8(12)10(9)13/h3-6H,2H2,1H3,(H,14,16). The van der Waals surface area contributed by atoms with Crippen molar-refractivity contribution in [1.29, 1.82) is 0 Å². The number of aromatic nitrogens is 2. The molecule has 1 heterocycles. The first-order valence-electron chi connectivity index (χ1n) is 4.88. The topological polar surface area (TPSA) is 20.7 Å². The van der Waals surface area contributed by atoms with Gasteiger partial charge in [0.1, 0.15) is 0 Å². The molecule has 84 valence electrons. The predicted octanol–water partition coefficient (Wildman–Crippen LogP) is 3.89. The first-order valence-corrected chi connectivity index (χ1v) is 5.67. The Morgan fingerprint density at radius 3 is 2.94 bits per heavy atom. The van der Waals surface area contributed by atoms with Gasteiger partial charge in [-0.1, -0.05) is 24.6 Å². The molecule has 0 aliphatic heterocycles. The van der Waals surface area contributed by atoms with E-state index in [0.717, 1.165) is 12.1 Å². The van der Waals surface area contributed by atoms with E-state index in [0.29, 0.717) is 10.5 Å². The van der Waals surface area contributed by atoms with Crippen LogP contribution in [0.3, 0.4) is 0 Å². The van der Waals surface area contributed by atoms with Crippen molar-refractivity contribution in [3.8, 4) is 5.69 Å². The second kappa shape index (κ2) is 4.39. The number of hydrogen-bond donors (Lipinski definition) is 1. The van der Waals surface area contributed by atoms with Crippen molar-refractivity contribution in [1.82, 2.24) is 9.55 Å². The molecule has 2 aromatic rings. The largest absolute Gasteiger partial charge is 0.337 e. The monoisotopic (exact) mass is 256 g/mol. The van der Waals surface area contributed by atoms with E-state index in [-0.39, 0.29) is 5.02 Å². The zero-order valence-electron chi connectivity index (χ0n) is 8.63. The first-order chi connectivity index (χ1) is 7.65. The Kier molecular flexibility index (Phi) is 3.12. The quantitative estimate of drug-likeness (QED) is 0.809. The molecule has 2 rings (SSSR count). The van der Waals surface area contributed by atoms with Crippen LogP contribution in [0.4, 0.5) is 4.39 Å². The van der Waals surface area contributed by atoms with Gasteiger partial charge in [0.25, 0.3) is 0 Å². The minimum Gasteiger partial charge on any atom is -0.337 e. The Hall–Kier alpha value is -1.13. The molecule has 0 fully saturated rings. The molecule has 16 heavy (non-hydrogen) atoms. The molecule has 0 atom stereocenters. The van der Waals surface area contributed by atoms with Gasteiger partial charge in [0.05, 0.1) is 10.7 Å². The number of halogens is 2. The minimum absolute atomic E-state index is 0.0997. The van der Waals surface area contributed by atoms with Crippen LogP contribution < -0.4 is 0 Å². The Morgan fingerprint density at radius 2 is 2.25 bits per heavy atom. The van der Waals surface area contributed by atoms with Gasteiger partial charge in [-0.15, -0.1) is 0 Å². The third-order valence-electron chi connectivity index (χ3n) is 2.39. The lowest BCUT2D eigenvalue weighted by Crippen LogP contribution is -2.02. The summed E-state index contributed by atoms with van der Waals surface area (Å²) in [7, 11) is 0. The molecule has 0 aliphatic carbocycles. The van der Waals surface area contributed by atoms with Crippen molar-refractivity contribution < 1.29 is 4.39 Å². The third kappa shape index (κ3) is 1.79. The fraction of sp³-hybridized carbons (Fsp3) is 0.182. The Balaban J connectivity index is 2.72. The SMILES string of the molecule is CCc1c[nH]c(=S)n1-c1cccc(Cl)c1F. The number of nitrogens with one attached hydrogen (secondary N) is 1. The van der Waals surface area contributed by atoms with Crippen LogP contribution in [0.15, 0.2) is 24.4 Å². The Bertz CT molecular complexity index is 574. The molecule has 2 nitrogen and oxygen atoms in total. The van der Waals surface area contributed by atoms with E-state index in [1.807, 2.05) is 6.92 Å². The smallest absolute Gasteiger partial charge is 0.182 e. The van der Waals surface area contributed by atoms with Crippen LogP contribution in [0.1, 0.15) is 12.6 Å². The van der Waals surface area contributed by atoms with Crippen LogP contribution in [0.25, 0.3) is 5.69 Å². The molecule has 0 radical (unpaired) electrons. The number of aromatic amines is 1. The Labute approximate surface area is 103 Å². The van der Waals surface area contributed by atoms with Gasteiger partial charge in [0.2, 0.25) is 0 Å². The Morgan fingerprint density at radius 1 is 1.50 bits per heavy atom. The lowest BCUT2D eigenvalue weighted by atomic mass is 10.2. The molecule has 0 saturated carbocycles. The molecule has 1 N–H and O–H groups in total. The summed E-state index contributed by atoms with van der Waals surface area (Å²) in [5.41, 5.74) is 1.31. The average molecular weight is 257 g/mol. The highest BCUT2D eigenvalue weighted by molar-refractivity contribution is 7.71. The summed E-state index contributed by atoms with van der Waals surface area (Å²) in [6.45, 7) is 1.98. The highest BCUT2D eigenvalue weighted by atomic mass is 35.5. The van der Waals surface area contributed by atoms with Crippen LogP contribution >= 0.6 is 23.8 Å². The van der Waals surface area contributed by atoms with E-state index in [2.05, 4.69) is 4.98 Å². The molecule has 0 aliphatic rings. The highest BCUT2D eigenvalue weighted by Gasteiger charge is 2.11. The number of imidazole rings is 1. The molecular weight excluding hydrogens is 247 g/mol. The van der Waals surface area contributed by atoms with Gasteiger partial charge in [-0.05, 0) is 30.8 Å². The maximum atomic E-state index is 13.8. The van der Waals surface area contributed by atoms with Crippen LogP contribution in [0.2, 0.25) is 5.02 Å². The van der Waals surface area contributed by atoms with E-state index in [1.165, 1.54) is 6.07 Å². The van der Waals surface area contributed by atoms with Crippen molar-refractivity contribution in [2.45, 2.75) is 13.3 Å². The highest BCUT2D eigenvalue weighted by Crippen LogP contribution is 2.23. The normalized spacial score (nSPS) is 10.7. The van der Waals surface area contributed by atoms with Gasteiger partial charge in [-0.2, -0.15) is 0 Å². The summed E-state index contributed by atoms with van der Waals surface area (Å²) in [5, 5.41) is 0.0997. The van der Waals surface area contributed by atoms with Gasteiger partial charge in [-0.3, -0.25) is 4.57 Å². The fourth-order valence-electron chi connectivity index (χ4n) is 1.59. The van der Waals surface area contributed by atoms with Crippen LogP contribution in [-0.4, -0.2) is 9.55 Å². The molecule has 1 aromatic heterocycles. The number of nitrogens with zero attached hydrogens (tertiary/aromatic N) is 1. The molecule has 1 aromatic carbocycles. The van der Waals surface area contributed by atoms with Crippen molar-refractivity contribution in [3.05, 3.63) is 45.7 Å². The number of hydrogen-bond acceptors (Lipinski definition) is 1. The molecule has 0 amide bonds. The van der Waals surface area contributed by atoms with Crippen LogP contribution in [0, 0.1) is 10.6 Å². The van der Waals surface area contributed by atoms with E-state index in [9.17, 15) is 4.39 Å². The van der Waals surface area contributed by atoms with Crippen LogP contribution in [-0.2, 0) is 6.42 Å². The summed E-state index contributed by atoms with van der Waals surface area (Å²) in [5.74, 6) is -0.449. The molecule has 5 heteroatoms. The summed E-state index contributed by atoms with van der Waals surface area (Å²) in [6, 6.07) is 4.88. The molecular formula is C11H10ClFN2S. The second-order valence-corrected chi connectivity index (χ2v) is 4.14. The third-order valence-corrected chi connectivity index (χ3v) is 2.98. The van der Waals surface area contributed by atoms with Crippen LogP contribution in [0.5, 0.6) is 0 Å². The number of aryl methyl sites for hydroxylation is 1. The minimum atomic E-state index is -0.449. The summed E-state index contributed by atoms with van der Waals surface area (Å²) in [4.78, 5) is 2.90. The number of rotatable bonds is 2.